The Morgan fingerprint density at radius 3 is 2.56 bits per heavy atom. The van der Waals surface area contributed by atoms with E-state index < -0.39 is 6.10 Å². The summed E-state index contributed by atoms with van der Waals surface area (Å²) in [5.74, 6) is -0.658. The number of methoxy groups -OCH3 is 2. The van der Waals surface area contributed by atoms with Crippen molar-refractivity contribution in [2.45, 2.75) is 24.7 Å². The average molecular weight is 446 g/mol. The van der Waals surface area contributed by atoms with Gasteiger partial charge in [0.25, 0.3) is 11.8 Å². The number of rotatable bonds is 7. The van der Waals surface area contributed by atoms with Crippen LogP contribution in [0.4, 0.5) is 0 Å². The zero-order valence-corrected chi connectivity index (χ0v) is 18.0. The quantitative estimate of drug-likeness (QED) is 0.331. The minimum absolute atomic E-state index is 0. The minimum Gasteiger partial charge on any atom is -0.390 e. The number of nitrogens with one attached hydrogen (secondary N) is 2. The van der Waals surface area contributed by atoms with Crippen molar-refractivity contribution in [1.29, 1.82) is 0 Å². The van der Waals surface area contributed by atoms with Crippen LogP contribution in [-0.4, -0.2) is 79.1 Å². The number of carbonyl (C=O) groups excluding carboxylic acids is 2. The summed E-state index contributed by atoms with van der Waals surface area (Å²) in [6.45, 7) is 1.03. The maximum Gasteiger partial charge on any atom is 0.253 e. The third-order valence-electron chi connectivity index (χ3n) is 4.26. The normalized spacial score (nSPS) is 28.2. The van der Waals surface area contributed by atoms with Crippen LogP contribution in [-0.2, 0) is 51.8 Å². The van der Waals surface area contributed by atoms with E-state index >= 15 is 0 Å². The van der Waals surface area contributed by atoms with E-state index in [1.807, 2.05) is 0 Å². The standard InChI is InChI=1S/C15H23N3O5S.Y/c1-22-8-9-7-10(14(23-2)13(9)21)17-15(24)16-5-6-18-11(19)3-4-12(18)20;/h3-4,9-10,13-14,21H,5-8H2,1-2H3,(H2,16,17,24);/t9-,10-,13?,14-;/m1./s1. The summed E-state index contributed by atoms with van der Waals surface area (Å²) in [5.41, 5.74) is 0. The maximum atomic E-state index is 11.4. The molecule has 10 heteroatoms. The SMILES string of the molecule is COC[C@H]1C[C@@H](NC(=S)NCCN2C(=O)C=CC2=O)[C@@H](OC)C1O.[Y]. The van der Waals surface area contributed by atoms with Crippen molar-refractivity contribution in [2.24, 2.45) is 5.92 Å². The summed E-state index contributed by atoms with van der Waals surface area (Å²) < 4.78 is 10.5. The summed E-state index contributed by atoms with van der Waals surface area (Å²) in [7, 11) is 3.14. The van der Waals surface area contributed by atoms with Gasteiger partial charge in [0, 0.05) is 78.1 Å². The smallest absolute Gasteiger partial charge is 0.253 e. The first kappa shape index (κ1) is 22.6. The second-order valence-electron chi connectivity index (χ2n) is 5.81. The Balaban J connectivity index is 0.00000312. The molecule has 0 bridgehead atoms. The minimum atomic E-state index is -0.624. The van der Waals surface area contributed by atoms with E-state index in [9.17, 15) is 14.7 Å². The molecule has 4 atom stereocenters. The van der Waals surface area contributed by atoms with Crippen molar-refractivity contribution < 1.29 is 56.9 Å². The molecule has 1 aliphatic carbocycles. The molecule has 8 nitrogen and oxygen atoms in total. The summed E-state index contributed by atoms with van der Waals surface area (Å²) in [5, 5.41) is 16.7. The number of amides is 2. The molecule has 1 unspecified atom stereocenters. The van der Waals surface area contributed by atoms with Crippen LogP contribution in [0, 0.1) is 5.92 Å². The van der Waals surface area contributed by atoms with Gasteiger partial charge in [-0.15, -0.1) is 0 Å². The third kappa shape index (κ3) is 5.77. The topological polar surface area (TPSA) is 100 Å². The molecule has 0 aromatic rings. The van der Waals surface area contributed by atoms with Gasteiger partial charge in [0.2, 0.25) is 0 Å². The van der Waals surface area contributed by atoms with E-state index in [-0.39, 0.29) is 69.1 Å². The molecular formula is C15H23N3O5SY. The number of aliphatic hydroxyl groups is 1. The van der Waals surface area contributed by atoms with Crippen LogP contribution in [0.5, 0.6) is 0 Å². The Labute approximate surface area is 177 Å². The zero-order valence-electron chi connectivity index (χ0n) is 14.3. The van der Waals surface area contributed by atoms with E-state index in [2.05, 4.69) is 10.6 Å². The Hall–Kier alpha value is -0.446. The predicted octanol–water partition coefficient (Wildman–Crippen LogP) is -1.22. The van der Waals surface area contributed by atoms with E-state index in [0.717, 1.165) is 4.90 Å². The monoisotopic (exact) mass is 446 g/mol. The van der Waals surface area contributed by atoms with Crippen molar-refractivity contribution in [1.82, 2.24) is 15.5 Å². The largest absolute Gasteiger partial charge is 0.390 e. The first-order valence-corrected chi connectivity index (χ1v) is 8.16. The predicted molar refractivity (Wildman–Crippen MR) is 90.2 cm³/mol. The van der Waals surface area contributed by atoms with E-state index in [0.29, 0.717) is 24.7 Å². The molecule has 2 rings (SSSR count). The fourth-order valence-electron chi connectivity index (χ4n) is 3.08. The molecule has 0 saturated heterocycles. The van der Waals surface area contributed by atoms with Crippen LogP contribution in [0.25, 0.3) is 0 Å². The number of hydrogen-bond donors (Lipinski definition) is 3. The second-order valence-corrected chi connectivity index (χ2v) is 6.22. The van der Waals surface area contributed by atoms with Crippen molar-refractivity contribution >= 4 is 29.1 Å². The molecule has 0 aromatic carbocycles. The molecule has 1 radical (unpaired) electrons. The zero-order chi connectivity index (χ0) is 17.7. The Kier molecular flexibility index (Phi) is 9.62. The fourth-order valence-corrected chi connectivity index (χ4v) is 3.34. The van der Waals surface area contributed by atoms with Gasteiger partial charge in [0.1, 0.15) is 6.10 Å². The molecule has 2 aliphatic rings. The number of ether oxygens (including phenoxy) is 2. The summed E-state index contributed by atoms with van der Waals surface area (Å²) in [4.78, 5) is 24.0. The average Bonchev–Trinajstić information content (AvgIpc) is 3.01. The van der Waals surface area contributed by atoms with Crippen LogP contribution in [0.2, 0.25) is 0 Å². The number of thiocarbonyl (C=S) groups is 1. The Morgan fingerprint density at radius 1 is 1.36 bits per heavy atom. The molecule has 1 fully saturated rings. The van der Waals surface area contributed by atoms with Crippen LogP contribution in [0.15, 0.2) is 12.2 Å². The molecule has 137 valence electrons. The van der Waals surface area contributed by atoms with Crippen molar-refractivity contribution in [3.05, 3.63) is 12.2 Å². The van der Waals surface area contributed by atoms with Gasteiger partial charge in [-0.05, 0) is 18.6 Å². The van der Waals surface area contributed by atoms with Crippen molar-refractivity contribution in [2.75, 3.05) is 33.9 Å². The van der Waals surface area contributed by atoms with E-state index in [1.54, 1.807) is 14.2 Å². The fraction of sp³-hybridized carbons (Fsp3) is 0.667. The maximum absolute atomic E-state index is 11.4. The van der Waals surface area contributed by atoms with Gasteiger partial charge in [-0.1, -0.05) is 0 Å². The molecule has 0 spiro atoms. The van der Waals surface area contributed by atoms with Gasteiger partial charge in [0.15, 0.2) is 5.11 Å². The third-order valence-corrected chi connectivity index (χ3v) is 4.53. The van der Waals surface area contributed by atoms with Gasteiger partial charge in [-0.2, -0.15) is 0 Å². The number of hydrogen-bond acceptors (Lipinski definition) is 6. The molecule has 2 amide bonds. The Morgan fingerprint density at radius 2 is 2.00 bits per heavy atom. The number of aliphatic hydroxyl groups excluding tert-OH is 1. The molecule has 3 N–H and O–H groups in total. The van der Waals surface area contributed by atoms with Crippen molar-refractivity contribution in [3.8, 4) is 0 Å². The van der Waals surface area contributed by atoms with E-state index in [1.165, 1.54) is 12.2 Å². The molecule has 1 aliphatic heterocycles. The molecule has 1 saturated carbocycles. The number of imide groups is 1. The van der Waals surface area contributed by atoms with Crippen LogP contribution < -0.4 is 10.6 Å². The molecule has 0 aromatic heterocycles. The van der Waals surface area contributed by atoms with Crippen LogP contribution >= 0.6 is 12.2 Å². The summed E-state index contributed by atoms with van der Waals surface area (Å²) in [6, 6.07) is -0.137. The van der Waals surface area contributed by atoms with Gasteiger partial charge >= 0.3 is 0 Å². The van der Waals surface area contributed by atoms with Gasteiger partial charge in [-0.25, -0.2) is 0 Å². The first-order chi connectivity index (χ1) is 11.5. The van der Waals surface area contributed by atoms with Gasteiger partial charge in [0.05, 0.1) is 18.8 Å². The van der Waals surface area contributed by atoms with Crippen LogP contribution in [0.3, 0.4) is 0 Å². The number of carbonyl (C=O) groups is 2. The number of nitrogens with zero attached hydrogens (tertiary/aromatic N) is 1. The molecule has 1 heterocycles. The van der Waals surface area contributed by atoms with Gasteiger partial charge < -0.3 is 25.2 Å². The summed E-state index contributed by atoms with van der Waals surface area (Å²) in [6.07, 6.45) is 2.16. The Bertz CT molecular complexity index is 515. The van der Waals surface area contributed by atoms with Gasteiger partial charge in [-0.3, -0.25) is 14.5 Å². The molecule has 25 heavy (non-hydrogen) atoms. The summed E-state index contributed by atoms with van der Waals surface area (Å²) >= 11 is 5.24. The van der Waals surface area contributed by atoms with Crippen molar-refractivity contribution in [3.63, 3.8) is 0 Å². The first-order valence-electron chi connectivity index (χ1n) is 7.75. The van der Waals surface area contributed by atoms with Crippen LogP contribution in [0.1, 0.15) is 6.42 Å². The second kappa shape index (κ2) is 10.6. The molecular weight excluding hydrogens is 423 g/mol. The van der Waals surface area contributed by atoms with E-state index in [4.69, 9.17) is 21.7 Å².